The summed E-state index contributed by atoms with van der Waals surface area (Å²) in [5.41, 5.74) is -0.479. The highest BCUT2D eigenvalue weighted by Crippen LogP contribution is 2.42. The zero-order chi connectivity index (χ0) is 13.8. The lowest BCUT2D eigenvalue weighted by atomic mass is 9.64. The number of aliphatic carboxylic acids is 1. The Morgan fingerprint density at radius 3 is 2.22 bits per heavy atom. The first kappa shape index (κ1) is 14.3. The lowest BCUT2D eigenvalue weighted by molar-refractivity contribution is -0.151. The molecule has 1 unspecified atom stereocenters. The Morgan fingerprint density at radius 2 is 1.83 bits per heavy atom. The van der Waals surface area contributed by atoms with Crippen LogP contribution in [0.3, 0.4) is 0 Å². The standard InChI is InChI=1S/C16H20O2/c1-5-16(14(17)18,15(2,3)4)12-11-13-9-7-6-8-10-13/h1,6-10H,11-12H2,2-4H3,(H,17,18). The second-order valence-corrected chi connectivity index (χ2v) is 5.59. The van der Waals surface area contributed by atoms with Gasteiger partial charge in [0.1, 0.15) is 5.41 Å². The highest BCUT2D eigenvalue weighted by Gasteiger charge is 2.46. The maximum absolute atomic E-state index is 11.6. The van der Waals surface area contributed by atoms with Crippen LogP contribution in [0.25, 0.3) is 0 Å². The molecule has 1 aromatic carbocycles. The molecule has 0 radical (unpaired) electrons. The van der Waals surface area contributed by atoms with Gasteiger partial charge in [0.2, 0.25) is 0 Å². The maximum atomic E-state index is 11.6. The number of carboxylic acids is 1. The van der Waals surface area contributed by atoms with Crippen molar-refractivity contribution < 1.29 is 9.90 Å². The van der Waals surface area contributed by atoms with Crippen molar-refractivity contribution >= 4 is 5.97 Å². The molecule has 96 valence electrons. The van der Waals surface area contributed by atoms with E-state index in [9.17, 15) is 9.90 Å². The van der Waals surface area contributed by atoms with Gasteiger partial charge in [0.15, 0.2) is 0 Å². The van der Waals surface area contributed by atoms with Gasteiger partial charge in [0.05, 0.1) is 0 Å². The van der Waals surface area contributed by atoms with Crippen LogP contribution in [0.15, 0.2) is 30.3 Å². The fourth-order valence-electron chi connectivity index (χ4n) is 2.13. The van der Waals surface area contributed by atoms with E-state index < -0.39 is 16.8 Å². The third-order valence-corrected chi connectivity index (χ3v) is 3.52. The van der Waals surface area contributed by atoms with E-state index in [4.69, 9.17) is 6.42 Å². The first-order valence-electron chi connectivity index (χ1n) is 6.08. The van der Waals surface area contributed by atoms with Crippen LogP contribution in [0.5, 0.6) is 0 Å². The molecule has 0 aliphatic heterocycles. The summed E-state index contributed by atoms with van der Waals surface area (Å²) in [6.45, 7) is 5.64. The van der Waals surface area contributed by atoms with Crippen molar-refractivity contribution in [3.63, 3.8) is 0 Å². The minimum Gasteiger partial charge on any atom is -0.480 e. The van der Waals surface area contributed by atoms with Crippen LogP contribution in [-0.2, 0) is 11.2 Å². The van der Waals surface area contributed by atoms with Crippen molar-refractivity contribution in [2.75, 3.05) is 0 Å². The maximum Gasteiger partial charge on any atom is 0.322 e. The Morgan fingerprint density at radius 1 is 1.28 bits per heavy atom. The van der Waals surface area contributed by atoms with E-state index >= 15 is 0 Å². The summed E-state index contributed by atoms with van der Waals surface area (Å²) in [4.78, 5) is 11.6. The molecule has 0 aliphatic carbocycles. The zero-order valence-electron chi connectivity index (χ0n) is 11.2. The van der Waals surface area contributed by atoms with E-state index in [0.29, 0.717) is 12.8 Å². The number of hydrogen-bond acceptors (Lipinski definition) is 1. The highest BCUT2D eigenvalue weighted by atomic mass is 16.4. The van der Waals surface area contributed by atoms with Gasteiger partial charge in [-0.3, -0.25) is 4.79 Å². The number of hydrogen-bond donors (Lipinski definition) is 1. The van der Waals surface area contributed by atoms with Crippen molar-refractivity contribution in [1.82, 2.24) is 0 Å². The smallest absolute Gasteiger partial charge is 0.322 e. The predicted octanol–water partition coefficient (Wildman–Crippen LogP) is 3.37. The summed E-state index contributed by atoms with van der Waals surface area (Å²) in [5.74, 6) is 1.62. The van der Waals surface area contributed by atoms with Gasteiger partial charge in [0, 0.05) is 0 Å². The number of carboxylic acid groups (broad SMARTS) is 1. The van der Waals surface area contributed by atoms with Gasteiger partial charge in [-0.2, -0.15) is 0 Å². The van der Waals surface area contributed by atoms with Crippen molar-refractivity contribution in [2.45, 2.75) is 33.6 Å². The SMILES string of the molecule is C#CC(CCc1ccccc1)(C(=O)O)C(C)(C)C. The second kappa shape index (κ2) is 5.27. The molecule has 0 spiro atoms. The highest BCUT2D eigenvalue weighted by molar-refractivity contribution is 5.79. The van der Waals surface area contributed by atoms with Crippen molar-refractivity contribution in [3.05, 3.63) is 35.9 Å². The summed E-state index contributed by atoms with van der Waals surface area (Å²) in [6.07, 6.45) is 6.65. The van der Waals surface area contributed by atoms with Crippen LogP contribution < -0.4 is 0 Å². The summed E-state index contributed by atoms with van der Waals surface area (Å²) >= 11 is 0. The first-order chi connectivity index (χ1) is 8.33. The number of benzene rings is 1. The normalized spacial score (nSPS) is 14.6. The van der Waals surface area contributed by atoms with Crippen molar-refractivity contribution in [3.8, 4) is 12.3 Å². The van der Waals surface area contributed by atoms with Crippen molar-refractivity contribution in [2.24, 2.45) is 10.8 Å². The minimum absolute atomic E-state index is 0.451. The summed E-state index contributed by atoms with van der Waals surface area (Å²) < 4.78 is 0. The van der Waals surface area contributed by atoms with E-state index in [1.54, 1.807) is 0 Å². The quantitative estimate of drug-likeness (QED) is 0.824. The summed E-state index contributed by atoms with van der Waals surface area (Å²) in [6, 6.07) is 9.83. The molecule has 0 aromatic heterocycles. The van der Waals surface area contributed by atoms with E-state index in [-0.39, 0.29) is 0 Å². The first-order valence-corrected chi connectivity index (χ1v) is 6.08. The molecule has 1 rings (SSSR count). The van der Waals surface area contributed by atoms with Gasteiger partial charge in [-0.25, -0.2) is 0 Å². The Labute approximate surface area is 109 Å². The van der Waals surface area contributed by atoms with E-state index in [1.807, 2.05) is 51.1 Å². The molecule has 0 aliphatic rings. The average molecular weight is 244 g/mol. The molecular weight excluding hydrogens is 224 g/mol. The molecule has 0 bridgehead atoms. The van der Waals surface area contributed by atoms with E-state index in [1.165, 1.54) is 0 Å². The molecule has 1 atom stereocenters. The Hall–Kier alpha value is -1.75. The molecule has 1 N–H and O–H groups in total. The van der Waals surface area contributed by atoms with E-state index in [2.05, 4.69) is 5.92 Å². The lowest BCUT2D eigenvalue weighted by Gasteiger charge is -2.37. The largest absolute Gasteiger partial charge is 0.480 e. The molecule has 0 amide bonds. The number of terminal acetylenes is 1. The molecule has 18 heavy (non-hydrogen) atoms. The van der Waals surface area contributed by atoms with Gasteiger partial charge in [-0.15, -0.1) is 6.42 Å². The third kappa shape index (κ3) is 2.73. The van der Waals surface area contributed by atoms with Crippen LogP contribution in [-0.4, -0.2) is 11.1 Å². The topological polar surface area (TPSA) is 37.3 Å². The zero-order valence-corrected chi connectivity index (χ0v) is 11.2. The van der Waals surface area contributed by atoms with E-state index in [0.717, 1.165) is 5.56 Å². The summed E-state index contributed by atoms with van der Waals surface area (Å²) in [7, 11) is 0. The van der Waals surface area contributed by atoms with Crippen LogP contribution in [0.2, 0.25) is 0 Å². The second-order valence-electron chi connectivity index (χ2n) is 5.59. The monoisotopic (exact) mass is 244 g/mol. The van der Waals surface area contributed by atoms with Gasteiger partial charge < -0.3 is 5.11 Å². The number of carbonyl (C=O) groups is 1. The molecule has 0 saturated carbocycles. The Bertz CT molecular complexity index is 448. The lowest BCUT2D eigenvalue weighted by Crippen LogP contribution is -2.42. The van der Waals surface area contributed by atoms with Crippen LogP contribution in [0.4, 0.5) is 0 Å². The molecule has 2 heteroatoms. The van der Waals surface area contributed by atoms with Gasteiger partial charge >= 0.3 is 5.97 Å². The Balaban J connectivity index is 2.95. The van der Waals surface area contributed by atoms with Gasteiger partial charge in [-0.1, -0.05) is 57.0 Å². The molecule has 0 saturated heterocycles. The van der Waals surface area contributed by atoms with Crippen LogP contribution >= 0.6 is 0 Å². The number of rotatable bonds is 4. The fourth-order valence-corrected chi connectivity index (χ4v) is 2.13. The van der Waals surface area contributed by atoms with Crippen molar-refractivity contribution in [1.29, 1.82) is 0 Å². The fraction of sp³-hybridized carbons (Fsp3) is 0.438. The minimum atomic E-state index is -1.12. The molecule has 1 aromatic rings. The van der Waals surface area contributed by atoms with Gasteiger partial charge in [-0.05, 0) is 23.8 Å². The molecule has 0 heterocycles. The van der Waals surface area contributed by atoms with Gasteiger partial charge in [0.25, 0.3) is 0 Å². The molecule has 2 nitrogen and oxygen atoms in total. The molecular formula is C16H20O2. The molecule has 0 fully saturated rings. The van der Waals surface area contributed by atoms with Crippen LogP contribution in [0, 0.1) is 23.2 Å². The van der Waals surface area contributed by atoms with Crippen LogP contribution in [0.1, 0.15) is 32.8 Å². The third-order valence-electron chi connectivity index (χ3n) is 3.52. The predicted molar refractivity (Wildman–Crippen MR) is 73.1 cm³/mol. The Kier molecular flexibility index (Phi) is 4.19. The number of aryl methyl sites for hydroxylation is 1. The summed E-state index contributed by atoms with van der Waals surface area (Å²) in [5, 5.41) is 9.49. The average Bonchev–Trinajstić information content (AvgIpc) is 2.29.